The van der Waals surface area contributed by atoms with E-state index in [1.54, 1.807) is 12.1 Å². The highest BCUT2D eigenvalue weighted by Crippen LogP contribution is 2.30. The van der Waals surface area contributed by atoms with Gasteiger partial charge in [0.05, 0.1) is 19.6 Å². The summed E-state index contributed by atoms with van der Waals surface area (Å²) < 4.78 is 11.0. The summed E-state index contributed by atoms with van der Waals surface area (Å²) in [5.41, 5.74) is 6.18. The molecule has 0 radical (unpaired) electrons. The Balaban J connectivity index is 1.34. The molecular weight excluding hydrogens is 408 g/mol. The summed E-state index contributed by atoms with van der Waals surface area (Å²) in [6.07, 6.45) is 2.96. The van der Waals surface area contributed by atoms with Gasteiger partial charge in [-0.1, -0.05) is 35.4 Å². The quantitative estimate of drug-likeness (QED) is 0.500. The van der Waals surface area contributed by atoms with E-state index in [0.717, 1.165) is 27.8 Å². The van der Waals surface area contributed by atoms with Crippen molar-refractivity contribution >= 4 is 28.7 Å². The highest BCUT2D eigenvalue weighted by Gasteiger charge is 2.32. The average molecular weight is 430 g/mol. The Kier molecular flexibility index (Phi) is 5.06. The molecule has 9 heteroatoms. The predicted octanol–water partition coefficient (Wildman–Crippen LogP) is 3.68. The Morgan fingerprint density at radius 1 is 1.22 bits per heavy atom. The number of hydrogen-bond acceptors (Lipinski definition) is 6. The van der Waals surface area contributed by atoms with Crippen molar-refractivity contribution in [2.24, 2.45) is 4.99 Å². The van der Waals surface area contributed by atoms with E-state index in [2.05, 4.69) is 31.7 Å². The molecule has 1 fully saturated rings. The van der Waals surface area contributed by atoms with Crippen LogP contribution >= 0.6 is 0 Å². The van der Waals surface area contributed by atoms with Crippen LogP contribution < -0.4 is 10.2 Å². The molecule has 9 nitrogen and oxygen atoms in total. The number of nitrogens with zero attached hydrogens (tertiary/aromatic N) is 4. The number of aromatic amines is 1. The normalized spacial score (nSPS) is 17.1. The summed E-state index contributed by atoms with van der Waals surface area (Å²) in [5, 5.41) is 10.9. The van der Waals surface area contributed by atoms with E-state index in [9.17, 15) is 4.79 Å². The van der Waals surface area contributed by atoms with Gasteiger partial charge in [0.15, 0.2) is 0 Å². The van der Waals surface area contributed by atoms with Crippen molar-refractivity contribution in [2.45, 2.75) is 25.8 Å². The van der Waals surface area contributed by atoms with Gasteiger partial charge < -0.3 is 14.1 Å². The van der Waals surface area contributed by atoms with Gasteiger partial charge in [-0.05, 0) is 29.3 Å². The Labute approximate surface area is 184 Å². The molecule has 2 aromatic heterocycles. The zero-order valence-corrected chi connectivity index (χ0v) is 17.7. The van der Waals surface area contributed by atoms with E-state index in [1.165, 1.54) is 6.92 Å². The van der Waals surface area contributed by atoms with E-state index in [4.69, 9.17) is 9.15 Å². The number of carbonyl (C=O) groups excluding carboxylic acids is 1. The minimum atomic E-state index is -0.189. The molecular formula is C23H22N6O3. The monoisotopic (exact) mass is 430 g/mol. The first-order chi connectivity index (χ1) is 15.6. The number of amides is 1. The van der Waals surface area contributed by atoms with Crippen LogP contribution in [0.5, 0.6) is 5.75 Å². The van der Waals surface area contributed by atoms with Crippen molar-refractivity contribution in [3.05, 3.63) is 71.7 Å². The van der Waals surface area contributed by atoms with Crippen molar-refractivity contribution in [3.8, 4) is 5.75 Å². The third-order valence-electron chi connectivity index (χ3n) is 5.49. The molecule has 0 bridgehead atoms. The average Bonchev–Trinajstić information content (AvgIpc) is 3.54. The number of ether oxygens (including phenoxy) is 1. The Morgan fingerprint density at radius 2 is 2.03 bits per heavy atom. The molecule has 32 heavy (non-hydrogen) atoms. The van der Waals surface area contributed by atoms with Crippen LogP contribution in [0.3, 0.4) is 0 Å². The van der Waals surface area contributed by atoms with Crippen LogP contribution in [0, 0.1) is 0 Å². The first-order valence-corrected chi connectivity index (χ1v) is 10.3. The summed E-state index contributed by atoms with van der Waals surface area (Å²) in [6, 6.07) is 15.7. The number of benzene rings is 2. The highest BCUT2D eigenvalue weighted by atomic mass is 16.5. The van der Waals surface area contributed by atoms with Gasteiger partial charge in [0.1, 0.15) is 11.6 Å². The SMILES string of the molecule is COc1ccc(C2C/C(=N\c3nnc(Cc4c[nH]c5ccccc45)o3)NN2C(C)=O)cc1. The predicted molar refractivity (Wildman–Crippen MR) is 119 cm³/mol. The van der Waals surface area contributed by atoms with Gasteiger partial charge in [-0.2, -0.15) is 4.99 Å². The number of H-pyrrole nitrogens is 1. The van der Waals surface area contributed by atoms with Gasteiger partial charge >= 0.3 is 6.01 Å². The number of hydrazine groups is 1. The molecule has 162 valence electrons. The smallest absolute Gasteiger partial charge is 0.344 e. The Morgan fingerprint density at radius 3 is 2.81 bits per heavy atom. The number of para-hydroxylation sites is 1. The first-order valence-electron chi connectivity index (χ1n) is 10.3. The van der Waals surface area contributed by atoms with Crippen LogP contribution in [-0.4, -0.2) is 39.0 Å². The van der Waals surface area contributed by atoms with Gasteiger partial charge in [0.25, 0.3) is 0 Å². The molecule has 4 aromatic rings. The number of methoxy groups -OCH3 is 1. The molecule has 0 aliphatic carbocycles. The summed E-state index contributed by atoms with van der Waals surface area (Å²) in [7, 11) is 1.62. The Bertz CT molecular complexity index is 1290. The lowest BCUT2D eigenvalue weighted by atomic mass is 10.0. The number of hydrogen-bond donors (Lipinski definition) is 2. The number of aromatic nitrogens is 3. The van der Waals surface area contributed by atoms with Gasteiger partial charge in [-0.15, -0.1) is 5.10 Å². The van der Waals surface area contributed by atoms with E-state index >= 15 is 0 Å². The summed E-state index contributed by atoms with van der Waals surface area (Å²) in [6.45, 7) is 1.51. The van der Waals surface area contributed by atoms with Crippen molar-refractivity contribution in [2.75, 3.05) is 7.11 Å². The highest BCUT2D eigenvalue weighted by molar-refractivity contribution is 5.90. The number of rotatable bonds is 5. The molecule has 0 spiro atoms. The van der Waals surface area contributed by atoms with Crippen LogP contribution in [-0.2, 0) is 11.2 Å². The third kappa shape index (κ3) is 3.80. The van der Waals surface area contributed by atoms with Crippen molar-refractivity contribution in [1.82, 2.24) is 25.6 Å². The van der Waals surface area contributed by atoms with Crippen molar-refractivity contribution in [1.29, 1.82) is 0 Å². The summed E-state index contributed by atoms with van der Waals surface area (Å²) >= 11 is 0. The van der Waals surface area contributed by atoms with Crippen LogP contribution in [0.25, 0.3) is 10.9 Å². The van der Waals surface area contributed by atoms with Crippen LogP contribution in [0.2, 0.25) is 0 Å². The lowest BCUT2D eigenvalue weighted by Crippen LogP contribution is -2.38. The molecule has 1 atom stereocenters. The summed E-state index contributed by atoms with van der Waals surface area (Å²) in [5.74, 6) is 1.71. The number of fused-ring (bicyclic) bond motifs is 1. The molecule has 3 heterocycles. The van der Waals surface area contributed by atoms with E-state index < -0.39 is 0 Å². The van der Waals surface area contributed by atoms with Crippen molar-refractivity contribution in [3.63, 3.8) is 0 Å². The number of nitrogens with one attached hydrogen (secondary N) is 2. The van der Waals surface area contributed by atoms with E-state index in [1.807, 2.05) is 48.7 Å². The molecule has 1 aliphatic rings. The van der Waals surface area contributed by atoms with Gasteiger partial charge in [0.2, 0.25) is 11.8 Å². The first kappa shape index (κ1) is 19.8. The van der Waals surface area contributed by atoms with Crippen LogP contribution in [0.4, 0.5) is 6.01 Å². The molecule has 1 unspecified atom stereocenters. The third-order valence-corrected chi connectivity index (χ3v) is 5.49. The fraction of sp³-hybridized carbons (Fsp3) is 0.217. The molecule has 2 N–H and O–H groups in total. The van der Waals surface area contributed by atoms with Gasteiger partial charge in [0, 0.05) is 30.4 Å². The number of aliphatic imine (C=N–C) groups is 1. The zero-order chi connectivity index (χ0) is 22.1. The topological polar surface area (TPSA) is 109 Å². The number of amidine groups is 1. The molecule has 1 amide bonds. The van der Waals surface area contributed by atoms with E-state index in [0.29, 0.717) is 24.6 Å². The second-order valence-electron chi connectivity index (χ2n) is 7.57. The standard InChI is InChI=1S/C23H22N6O3/c1-14(30)29-20(15-7-9-17(31-2)10-8-15)12-21(28-29)25-23-27-26-22(32-23)11-16-13-24-19-6-4-3-5-18(16)19/h3-10,13,20,24H,11-12H2,1-2H3,(H,25,27,28). The molecule has 2 aromatic carbocycles. The lowest BCUT2D eigenvalue weighted by molar-refractivity contribution is -0.132. The maximum absolute atomic E-state index is 12.2. The summed E-state index contributed by atoms with van der Waals surface area (Å²) in [4.78, 5) is 19.9. The fourth-order valence-corrected chi connectivity index (χ4v) is 3.92. The fourth-order valence-electron chi connectivity index (χ4n) is 3.92. The Hall–Kier alpha value is -4.14. The molecule has 1 aliphatic heterocycles. The molecule has 1 saturated heterocycles. The maximum atomic E-state index is 12.2. The van der Waals surface area contributed by atoms with Gasteiger partial charge in [-0.3, -0.25) is 10.2 Å². The number of carbonyl (C=O) groups is 1. The lowest BCUT2D eigenvalue weighted by Gasteiger charge is -2.22. The van der Waals surface area contributed by atoms with Crippen LogP contribution in [0.1, 0.15) is 36.4 Å². The zero-order valence-electron chi connectivity index (χ0n) is 17.7. The largest absolute Gasteiger partial charge is 0.497 e. The second kappa shape index (κ2) is 8.18. The van der Waals surface area contributed by atoms with Crippen molar-refractivity contribution < 1.29 is 13.9 Å². The molecule has 5 rings (SSSR count). The minimum absolute atomic E-state index is 0.110. The maximum Gasteiger partial charge on any atom is 0.344 e. The minimum Gasteiger partial charge on any atom is -0.497 e. The van der Waals surface area contributed by atoms with Gasteiger partial charge in [-0.25, -0.2) is 5.01 Å². The van der Waals surface area contributed by atoms with E-state index in [-0.39, 0.29) is 18.0 Å². The second-order valence-corrected chi connectivity index (χ2v) is 7.57. The molecule has 0 saturated carbocycles. The van der Waals surface area contributed by atoms with Crippen LogP contribution in [0.15, 0.2) is 64.1 Å².